The first-order valence-electron chi connectivity index (χ1n) is 10.6. The van der Waals surface area contributed by atoms with Crippen molar-refractivity contribution in [3.05, 3.63) is 28.0 Å². The molecule has 0 bridgehead atoms. The van der Waals surface area contributed by atoms with Gasteiger partial charge in [0, 0.05) is 39.1 Å². The molecule has 7 heteroatoms. The molecule has 0 unspecified atom stereocenters. The van der Waals surface area contributed by atoms with E-state index in [4.69, 9.17) is 0 Å². The third kappa shape index (κ3) is 5.71. The Hall–Kier alpha value is -2.05. The van der Waals surface area contributed by atoms with E-state index in [1.165, 1.54) is 25.7 Å². The van der Waals surface area contributed by atoms with Crippen molar-refractivity contribution < 1.29 is 0 Å². The maximum atomic E-state index is 12.3. The first-order valence-corrected chi connectivity index (χ1v) is 10.6. The summed E-state index contributed by atoms with van der Waals surface area (Å²) in [6.07, 6.45) is 12.6. The second-order valence-electron chi connectivity index (χ2n) is 7.43. The van der Waals surface area contributed by atoms with Crippen molar-refractivity contribution in [3.8, 4) is 0 Å². The lowest BCUT2D eigenvalue weighted by atomic mass is 9.97. The van der Waals surface area contributed by atoms with Crippen LogP contribution in [0.2, 0.25) is 0 Å². The van der Waals surface area contributed by atoms with Gasteiger partial charge in [-0.1, -0.05) is 11.6 Å². The second kappa shape index (κ2) is 10.3. The summed E-state index contributed by atoms with van der Waals surface area (Å²) >= 11 is 0. The van der Waals surface area contributed by atoms with E-state index in [1.54, 1.807) is 10.3 Å². The van der Waals surface area contributed by atoms with Gasteiger partial charge in [-0.15, -0.1) is 0 Å². The lowest BCUT2D eigenvalue weighted by Crippen LogP contribution is -2.38. The van der Waals surface area contributed by atoms with Gasteiger partial charge < -0.3 is 10.6 Å². The highest BCUT2D eigenvalue weighted by Gasteiger charge is 2.16. The Bertz CT molecular complexity index is 715. The molecule has 2 aliphatic rings. The van der Waals surface area contributed by atoms with Crippen LogP contribution in [0.15, 0.2) is 21.4 Å². The first-order chi connectivity index (χ1) is 13.3. The van der Waals surface area contributed by atoms with E-state index in [1.807, 2.05) is 4.57 Å². The molecule has 0 fully saturated rings. The van der Waals surface area contributed by atoms with Crippen LogP contribution in [-0.4, -0.2) is 39.9 Å². The molecule has 2 N–H and O–H groups in total. The third-order valence-electron chi connectivity index (χ3n) is 5.30. The van der Waals surface area contributed by atoms with E-state index in [0.29, 0.717) is 13.1 Å². The largest absolute Gasteiger partial charge is 0.357 e. The third-order valence-corrected chi connectivity index (χ3v) is 5.30. The minimum Gasteiger partial charge on any atom is -0.357 e. The number of fused-ring (bicyclic) bond motifs is 1. The van der Waals surface area contributed by atoms with Gasteiger partial charge in [0.2, 0.25) is 0 Å². The Labute approximate surface area is 161 Å². The van der Waals surface area contributed by atoms with Gasteiger partial charge in [-0.05, 0) is 58.3 Å². The topological polar surface area (TPSA) is 76.2 Å². The van der Waals surface area contributed by atoms with Crippen LogP contribution in [0.4, 0.5) is 0 Å². The molecular weight excluding hydrogens is 340 g/mol. The molecule has 27 heavy (non-hydrogen) atoms. The van der Waals surface area contributed by atoms with Crippen molar-refractivity contribution in [3.63, 3.8) is 0 Å². The number of aryl methyl sites for hydroxylation is 2. The highest BCUT2D eigenvalue weighted by Crippen LogP contribution is 2.19. The summed E-state index contributed by atoms with van der Waals surface area (Å²) in [5, 5.41) is 11.2. The molecule has 150 valence electrons. The number of nitrogens with zero attached hydrogens (tertiary/aromatic N) is 4. The smallest absolute Gasteiger partial charge is 0.345 e. The van der Waals surface area contributed by atoms with Crippen molar-refractivity contribution in [2.75, 3.05) is 19.6 Å². The van der Waals surface area contributed by atoms with Gasteiger partial charge in [-0.3, -0.25) is 9.56 Å². The number of aliphatic imine (C=N–C) groups is 1. The van der Waals surface area contributed by atoms with Crippen LogP contribution in [0.1, 0.15) is 64.1 Å². The summed E-state index contributed by atoms with van der Waals surface area (Å²) < 4.78 is 3.45. The van der Waals surface area contributed by atoms with E-state index in [-0.39, 0.29) is 5.69 Å². The van der Waals surface area contributed by atoms with Gasteiger partial charge >= 0.3 is 5.69 Å². The standard InChI is InChI=1S/C20H34N6O/c1-2-21-19(23-14-12-17-9-4-3-5-10-17)22-13-8-16-26-20(27)25-15-7-6-11-18(25)24-26/h9H,2-8,10-16H2,1H3,(H2,21,22,23). The molecule has 0 radical (unpaired) electrons. The molecule has 0 atom stereocenters. The van der Waals surface area contributed by atoms with E-state index in [2.05, 4.69) is 33.7 Å². The summed E-state index contributed by atoms with van der Waals surface area (Å²) in [5.41, 5.74) is 1.62. The lowest BCUT2D eigenvalue weighted by molar-refractivity contribution is 0.509. The van der Waals surface area contributed by atoms with Crippen molar-refractivity contribution in [2.45, 2.75) is 77.8 Å². The number of nitrogens with one attached hydrogen (secondary N) is 2. The average Bonchev–Trinajstić information content (AvgIpc) is 3.02. The van der Waals surface area contributed by atoms with Gasteiger partial charge in [-0.2, -0.15) is 5.10 Å². The Morgan fingerprint density at radius 3 is 2.89 bits per heavy atom. The first kappa shape index (κ1) is 19.7. The normalized spacial score (nSPS) is 17.4. The van der Waals surface area contributed by atoms with Crippen molar-refractivity contribution in [1.82, 2.24) is 25.0 Å². The van der Waals surface area contributed by atoms with E-state index in [0.717, 1.165) is 63.5 Å². The Kier molecular flexibility index (Phi) is 7.54. The number of rotatable bonds is 8. The monoisotopic (exact) mass is 374 g/mol. The number of hydrogen-bond acceptors (Lipinski definition) is 3. The zero-order chi connectivity index (χ0) is 18.9. The average molecular weight is 375 g/mol. The highest BCUT2D eigenvalue weighted by atomic mass is 16.2. The van der Waals surface area contributed by atoms with E-state index >= 15 is 0 Å². The molecule has 3 rings (SSSR count). The number of allylic oxidation sites excluding steroid dienone is 1. The van der Waals surface area contributed by atoms with Gasteiger partial charge in [0.1, 0.15) is 5.82 Å². The van der Waals surface area contributed by atoms with Crippen molar-refractivity contribution >= 4 is 5.96 Å². The summed E-state index contributed by atoms with van der Waals surface area (Å²) in [5.74, 6) is 1.81. The van der Waals surface area contributed by atoms with Crippen LogP contribution >= 0.6 is 0 Å². The molecule has 2 heterocycles. The zero-order valence-corrected chi connectivity index (χ0v) is 16.7. The summed E-state index contributed by atoms with van der Waals surface area (Å²) in [4.78, 5) is 17.0. The molecule has 1 aromatic heterocycles. The molecule has 1 aliphatic heterocycles. The van der Waals surface area contributed by atoms with Gasteiger partial charge in [0.05, 0.1) is 0 Å². The van der Waals surface area contributed by atoms with Crippen LogP contribution in [0.5, 0.6) is 0 Å². The summed E-state index contributed by atoms with van der Waals surface area (Å²) in [7, 11) is 0. The Morgan fingerprint density at radius 2 is 2.11 bits per heavy atom. The fraction of sp³-hybridized carbons (Fsp3) is 0.750. The zero-order valence-electron chi connectivity index (χ0n) is 16.7. The maximum Gasteiger partial charge on any atom is 0.345 e. The molecule has 1 aliphatic carbocycles. The highest BCUT2D eigenvalue weighted by molar-refractivity contribution is 5.79. The molecule has 0 aromatic carbocycles. The van der Waals surface area contributed by atoms with Crippen LogP contribution in [0.25, 0.3) is 0 Å². The quantitative estimate of drug-likeness (QED) is 0.317. The van der Waals surface area contributed by atoms with Crippen LogP contribution in [0.3, 0.4) is 0 Å². The minimum absolute atomic E-state index is 0.0412. The van der Waals surface area contributed by atoms with Gasteiger partial charge in [0.25, 0.3) is 0 Å². The number of aromatic nitrogens is 3. The second-order valence-corrected chi connectivity index (χ2v) is 7.43. The van der Waals surface area contributed by atoms with Crippen LogP contribution in [0, 0.1) is 0 Å². The number of guanidine groups is 1. The molecule has 1 aromatic rings. The molecule has 0 saturated carbocycles. The number of hydrogen-bond donors (Lipinski definition) is 2. The molecular formula is C20H34N6O. The van der Waals surface area contributed by atoms with Crippen molar-refractivity contribution in [1.29, 1.82) is 0 Å². The SMILES string of the molecule is CCNC(=NCCCn1nc2n(c1=O)CCCC2)NCCC1=CCCCC1. The minimum atomic E-state index is 0.0412. The summed E-state index contributed by atoms with van der Waals surface area (Å²) in [6.45, 7) is 5.99. The predicted molar refractivity (Wildman–Crippen MR) is 109 cm³/mol. The van der Waals surface area contributed by atoms with E-state index < -0.39 is 0 Å². The van der Waals surface area contributed by atoms with Gasteiger partial charge in [-0.25, -0.2) is 9.48 Å². The summed E-state index contributed by atoms with van der Waals surface area (Å²) in [6, 6.07) is 0. The fourth-order valence-corrected chi connectivity index (χ4v) is 3.82. The fourth-order valence-electron chi connectivity index (χ4n) is 3.82. The van der Waals surface area contributed by atoms with Crippen LogP contribution in [-0.2, 0) is 19.5 Å². The maximum absolute atomic E-state index is 12.3. The Balaban J connectivity index is 1.43. The Morgan fingerprint density at radius 1 is 1.22 bits per heavy atom. The molecule has 0 amide bonds. The molecule has 0 saturated heterocycles. The van der Waals surface area contributed by atoms with Crippen LogP contribution < -0.4 is 16.3 Å². The van der Waals surface area contributed by atoms with E-state index in [9.17, 15) is 4.79 Å². The molecule has 7 nitrogen and oxygen atoms in total. The molecule has 0 spiro atoms. The van der Waals surface area contributed by atoms with Crippen molar-refractivity contribution in [2.24, 2.45) is 4.99 Å². The predicted octanol–water partition coefficient (Wildman–Crippen LogP) is 2.22. The lowest BCUT2D eigenvalue weighted by Gasteiger charge is -2.15. The van der Waals surface area contributed by atoms with Gasteiger partial charge in [0.15, 0.2) is 5.96 Å².